The highest BCUT2D eigenvalue weighted by molar-refractivity contribution is 6.30. The van der Waals surface area contributed by atoms with Crippen molar-refractivity contribution in [2.24, 2.45) is 11.1 Å². The number of benzene rings is 1. The van der Waals surface area contributed by atoms with Crippen molar-refractivity contribution in [2.75, 3.05) is 46.8 Å². The van der Waals surface area contributed by atoms with E-state index < -0.39 is 0 Å². The number of likely N-dealkylation sites (tertiary alicyclic amines) is 2. The van der Waals surface area contributed by atoms with Crippen LogP contribution < -0.4 is 5.73 Å². The normalized spacial score (nSPS) is 18.8. The van der Waals surface area contributed by atoms with Gasteiger partial charge in [0.15, 0.2) is 0 Å². The first-order chi connectivity index (χ1) is 14.4. The van der Waals surface area contributed by atoms with Crippen LogP contribution in [0.4, 0.5) is 0 Å². The molecule has 3 heterocycles. The first-order valence-electron chi connectivity index (χ1n) is 10.2. The molecule has 0 atom stereocenters. The van der Waals surface area contributed by atoms with E-state index in [1.165, 1.54) is 0 Å². The van der Waals surface area contributed by atoms with Crippen LogP contribution in [0.15, 0.2) is 48.8 Å². The van der Waals surface area contributed by atoms with Crippen molar-refractivity contribution in [3.63, 3.8) is 0 Å². The van der Waals surface area contributed by atoms with Crippen molar-refractivity contribution >= 4 is 28.9 Å². The number of likely N-dealkylation sites (N-methyl/N-ethyl adjacent to an activating group) is 1. The van der Waals surface area contributed by atoms with E-state index in [1.54, 1.807) is 12.4 Å². The number of halogens is 1. The lowest BCUT2D eigenvalue weighted by Crippen LogP contribution is -2.56. The number of amides is 1. The number of rotatable bonds is 5. The third-order valence-corrected chi connectivity index (χ3v) is 6.37. The van der Waals surface area contributed by atoms with Crippen molar-refractivity contribution in [3.8, 4) is 0 Å². The third kappa shape index (κ3) is 4.16. The number of nitrogens with two attached hydrogens (primary N) is 1. The maximum Gasteiger partial charge on any atom is 0.242 e. The van der Waals surface area contributed by atoms with E-state index in [4.69, 9.17) is 17.3 Å². The number of pyridine rings is 1. The van der Waals surface area contributed by atoms with Gasteiger partial charge in [-0.2, -0.15) is 0 Å². The standard InChI is InChI=1S/C23H28ClN5O/c1-27-14-23(15-27)9-12-29(16-23)20(30)13-28(2)22(18-7-10-26-11-8-18)21(25)17-3-5-19(24)6-4-17/h3-8,10-11H,9,12-16,25H2,1-2H3/b22-21-. The molecule has 1 aromatic carbocycles. The first kappa shape index (κ1) is 20.7. The quantitative estimate of drug-likeness (QED) is 0.797. The fourth-order valence-electron chi connectivity index (χ4n) is 4.74. The molecule has 6 nitrogen and oxygen atoms in total. The fraction of sp³-hybridized carbons (Fsp3) is 0.391. The second-order valence-electron chi connectivity index (χ2n) is 8.60. The second kappa shape index (κ2) is 8.28. The van der Waals surface area contributed by atoms with E-state index in [2.05, 4.69) is 16.9 Å². The van der Waals surface area contributed by atoms with Gasteiger partial charge in [0, 0.05) is 61.6 Å². The molecule has 0 bridgehead atoms. The summed E-state index contributed by atoms with van der Waals surface area (Å²) >= 11 is 6.04. The Kier molecular flexibility index (Phi) is 5.71. The molecule has 0 saturated carbocycles. The summed E-state index contributed by atoms with van der Waals surface area (Å²) in [7, 11) is 4.05. The maximum absolute atomic E-state index is 13.1. The molecule has 0 unspecified atom stereocenters. The first-order valence-corrected chi connectivity index (χ1v) is 10.6. The summed E-state index contributed by atoms with van der Waals surface area (Å²) in [6.07, 6.45) is 4.56. The molecule has 4 rings (SSSR count). The van der Waals surface area contributed by atoms with Crippen molar-refractivity contribution in [1.29, 1.82) is 0 Å². The molecule has 158 valence electrons. The SMILES string of the molecule is CN1CC2(CCN(C(=O)CN(C)/C(=C(\N)c3ccc(Cl)cc3)c3ccncc3)C2)C1. The highest BCUT2D eigenvalue weighted by atomic mass is 35.5. The van der Waals surface area contributed by atoms with Gasteiger partial charge < -0.3 is 20.4 Å². The summed E-state index contributed by atoms with van der Waals surface area (Å²) < 4.78 is 0. The van der Waals surface area contributed by atoms with Crippen molar-refractivity contribution in [1.82, 2.24) is 19.7 Å². The molecule has 1 amide bonds. The molecule has 30 heavy (non-hydrogen) atoms. The molecule has 2 aliphatic heterocycles. The minimum Gasteiger partial charge on any atom is -0.397 e. The minimum absolute atomic E-state index is 0.138. The maximum atomic E-state index is 13.1. The largest absolute Gasteiger partial charge is 0.397 e. The Bertz CT molecular complexity index is 938. The topological polar surface area (TPSA) is 65.7 Å². The highest BCUT2D eigenvalue weighted by Gasteiger charge is 2.47. The Morgan fingerprint density at radius 2 is 1.80 bits per heavy atom. The van der Waals surface area contributed by atoms with Gasteiger partial charge in [-0.3, -0.25) is 9.78 Å². The lowest BCUT2D eigenvalue weighted by molar-refractivity contribution is -0.131. The molecular weight excluding hydrogens is 398 g/mol. The molecule has 0 aliphatic carbocycles. The summed E-state index contributed by atoms with van der Waals surface area (Å²) in [6.45, 7) is 4.13. The van der Waals surface area contributed by atoms with Gasteiger partial charge in [-0.15, -0.1) is 0 Å². The Labute approximate surface area is 182 Å². The van der Waals surface area contributed by atoms with Gasteiger partial charge in [0.05, 0.1) is 17.9 Å². The van der Waals surface area contributed by atoms with Crippen molar-refractivity contribution in [3.05, 3.63) is 64.9 Å². The number of hydrogen-bond donors (Lipinski definition) is 1. The van der Waals surface area contributed by atoms with Gasteiger partial charge in [-0.25, -0.2) is 0 Å². The third-order valence-electron chi connectivity index (χ3n) is 6.12. The van der Waals surface area contributed by atoms with Crippen LogP contribution in [-0.2, 0) is 4.79 Å². The van der Waals surface area contributed by atoms with Crippen LogP contribution in [0.3, 0.4) is 0 Å². The van der Waals surface area contributed by atoms with Crippen LogP contribution in [0.5, 0.6) is 0 Å². The molecule has 2 aliphatic rings. The molecule has 7 heteroatoms. The van der Waals surface area contributed by atoms with Crippen molar-refractivity contribution < 1.29 is 4.79 Å². The summed E-state index contributed by atoms with van der Waals surface area (Å²) in [4.78, 5) is 23.5. The van der Waals surface area contributed by atoms with Gasteiger partial charge in [0.2, 0.25) is 5.91 Å². The van der Waals surface area contributed by atoms with Crippen LogP contribution in [-0.4, -0.2) is 72.4 Å². The molecule has 2 fully saturated rings. The molecular formula is C23H28ClN5O. The summed E-state index contributed by atoms with van der Waals surface area (Å²) in [5, 5.41) is 0.658. The van der Waals surface area contributed by atoms with E-state index in [1.807, 2.05) is 53.2 Å². The molecule has 2 N–H and O–H groups in total. The van der Waals surface area contributed by atoms with Crippen LogP contribution >= 0.6 is 11.6 Å². The Morgan fingerprint density at radius 3 is 2.43 bits per heavy atom. The van der Waals surface area contributed by atoms with E-state index in [-0.39, 0.29) is 12.5 Å². The van der Waals surface area contributed by atoms with Crippen LogP contribution in [0.2, 0.25) is 5.02 Å². The highest BCUT2D eigenvalue weighted by Crippen LogP contribution is 2.38. The van der Waals surface area contributed by atoms with Gasteiger partial charge in [-0.05, 0) is 43.3 Å². The number of aromatic nitrogens is 1. The van der Waals surface area contributed by atoms with Gasteiger partial charge >= 0.3 is 0 Å². The summed E-state index contributed by atoms with van der Waals surface area (Å²) in [5.74, 6) is 0.138. The fourth-order valence-corrected chi connectivity index (χ4v) is 4.87. The lowest BCUT2D eigenvalue weighted by Gasteiger charge is -2.46. The Hall–Kier alpha value is -2.57. The monoisotopic (exact) mass is 425 g/mol. The van der Waals surface area contributed by atoms with Gasteiger partial charge in [0.1, 0.15) is 0 Å². The average Bonchev–Trinajstić information content (AvgIpc) is 3.15. The number of carbonyl (C=O) groups is 1. The predicted octanol–water partition coefficient (Wildman–Crippen LogP) is 2.62. The molecule has 2 aromatic rings. The van der Waals surface area contributed by atoms with Crippen molar-refractivity contribution in [2.45, 2.75) is 6.42 Å². The van der Waals surface area contributed by atoms with E-state index in [9.17, 15) is 4.79 Å². The summed E-state index contributed by atoms with van der Waals surface area (Å²) in [6, 6.07) is 11.2. The smallest absolute Gasteiger partial charge is 0.242 e. The molecule has 2 saturated heterocycles. The zero-order valence-electron chi connectivity index (χ0n) is 17.5. The van der Waals surface area contributed by atoms with Gasteiger partial charge in [-0.1, -0.05) is 23.7 Å². The van der Waals surface area contributed by atoms with E-state index in [0.29, 0.717) is 16.1 Å². The lowest BCUT2D eigenvalue weighted by atomic mass is 9.79. The number of hydrogen-bond acceptors (Lipinski definition) is 5. The number of carbonyl (C=O) groups excluding carboxylic acids is 1. The zero-order valence-corrected chi connectivity index (χ0v) is 18.3. The number of nitrogens with zero attached hydrogens (tertiary/aromatic N) is 4. The average molecular weight is 426 g/mol. The Balaban J connectivity index is 1.56. The molecule has 0 radical (unpaired) electrons. The van der Waals surface area contributed by atoms with E-state index in [0.717, 1.165) is 49.4 Å². The van der Waals surface area contributed by atoms with Gasteiger partial charge in [0.25, 0.3) is 0 Å². The minimum atomic E-state index is 0.138. The summed E-state index contributed by atoms with van der Waals surface area (Å²) in [5.41, 5.74) is 10.1. The Morgan fingerprint density at radius 1 is 1.13 bits per heavy atom. The molecule has 1 aromatic heterocycles. The molecule has 1 spiro atoms. The zero-order chi connectivity index (χ0) is 21.3. The van der Waals surface area contributed by atoms with Crippen LogP contribution in [0.1, 0.15) is 17.5 Å². The van der Waals surface area contributed by atoms with Crippen LogP contribution in [0, 0.1) is 5.41 Å². The predicted molar refractivity (Wildman–Crippen MR) is 120 cm³/mol. The second-order valence-corrected chi connectivity index (χ2v) is 9.04. The van der Waals surface area contributed by atoms with E-state index >= 15 is 0 Å². The van der Waals surface area contributed by atoms with Crippen LogP contribution in [0.25, 0.3) is 11.4 Å².